The van der Waals surface area contributed by atoms with Crippen LogP contribution in [-0.2, 0) is 9.53 Å². The van der Waals surface area contributed by atoms with Crippen LogP contribution in [0.15, 0.2) is 92.7 Å². The number of halogens is 2. The quantitative estimate of drug-likeness (QED) is 0.212. The number of carbonyl (C=O) groups excluding carboxylic acids is 1. The van der Waals surface area contributed by atoms with Crippen molar-refractivity contribution in [2.24, 2.45) is 0 Å². The minimum atomic E-state index is -0.634. The Morgan fingerprint density at radius 2 is 1.42 bits per heavy atom. The van der Waals surface area contributed by atoms with Crippen LogP contribution in [0.4, 0.5) is 0 Å². The lowest BCUT2D eigenvalue weighted by Crippen LogP contribution is -2.24. The SMILES string of the molecule is COC(=O)C(C)Oc1ccc(SCC=C(c2ccc(Br)cc2)c2ccc(Br)cc2)cc1. The van der Waals surface area contributed by atoms with Crippen molar-refractivity contribution < 1.29 is 14.3 Å². The van der Waals surface area contributed by atoms with Gasteiger partial charge in [0.05, 0.1) is 7.11 Å². The molecule has 0 aliphatic rings. The Morgan fingerprint density at radius 1 is 0.903 bits per heavy atom. The number of carbonyl (C=O) groups is 1. The van der Waals surface area contributed by atoms with Crippen molar-refractivity contribution in [1.82, 2.24) is 0 Å². The third-order valence-corrected chi connectivity index (χ3v) is 6.51. The smallest absolute Gasteiger partial charge is 0.346 e. The molecule has 0 N–H and O–H groups in total. The molecule has 0 fully saturated rings. The van der Waals surface area contributed by atoms with Crippen molar-refractivity contribution >= 4 is 55.2 Å². The summed E-state index contributed by atoms with van der Waals surface area (Å²) in [5, 5.41) is 0. The highest BCUT2D eigenvalue weighted by Gasteiger charge is 2.14. The zero-order valence-electron chi connectivity index (χ0n) is 17.2. The van der Waals surface area contributed by atoms with E-state index in [2.05, 4.69) is 91.2 Å². The molecular formula is C25H22Br2O3S. The molecule has 0 aromatic heterocycles. The van der Waals surface area contributed by atoms with E-state index in [0.717, 1.165) is 19.6 Å². The number of rotatable bonds is 8. The maximum absolute atomic E-state index is 11.5. The van der Waals surface area contributed by atoms with Gasteiger partial charge in [-0.3, -0.25) is 0 Å². The highest BCUT2D eigenvalue weighted by atomic mass is 79.9. The first kappa shape index (κ1) is 23.6. The van der Waals surface area contributed by atoms with Crippen LogP contribution in [-0.4, -0.2) is 24.9 Å². The predicted octanol–water partition coefficient (Wildman–Crippen LogP) is 7.38. The van der Waals surface area contributed by atoms with Crippen molar-refractivity contribution in [3.05, 3.63) is 98.9 Å². The van der Waals surface area contributed by atoms with Gasteiger partial charge in [-0.15, -0.1) is 11.8 Å². The molecule has 6 heteroatoms. The summed E-state index contributed by atoms with van der Waals surface area (Å²) in [7, 11) is 1.35. The topological polar surface area (TPSA) is 35.5 Å². The van der Waals surface area contributed by atoms with Crippen molar-refractivity contribution in [3.63, 3.8) is 0 Å². The van der Waals surface area contributed by atoms with Crippen LogP contribution in [0.5, 0.6) is 5.75 Å². The molecule has 31 heavy (non-hydrogen) atoms. The number of ether oxygens (including phenoxy) is 2. The van der Waals surface area contributed by atoms with Gasteiger partial charge in [0.2, 0.25) is 0 Å². The van der Waals surface area contributed by atoms with E-state index in [0.29, 0.717) is 5.75 Å². The Morgan fingerprint density at radius 3 is 1.90 bits per heavy atom. The lowest BCUT2D eigenvalue weighted by Gasteiger charge is -2.12. The number of hydrogen-bond acceptors (Lipinski definition) is 4. The van der Waals surface area contributed by atoms with Crippen LogP contribution < -0.4 is 4.74 Å². The fourth-order valence-corrected chi connectivity index (χ4v) is 4.21. The Hall–Kier alpha value is -2.02. The molecule has 0 bridgehead atoms. The van der Waals surface area contributed by atoms with Gasteiger partial charge >= 0.3 is 5.97 Å². The van der Waals surface area contributed by atoms with Gasteiger partial charge in [-0.25, -0.2) is 4.79 Å². The molecule has 0 radical (unpaired) electrons. The van der Waals surface area contributed by atoms with Crippen LogP contribution in [0, 0.1) is 0 Å². The number of benzene rings is 3. The minimum absolute atomic E-state index is 0.392. The average molecular weight is 562 g/mol. The van der Waals surface area contributed by atoms with Crippen molar-refractivity contribution in [2.45, 2.75) is 17.9 Å². The molecule has 160 valence electrons. The zero-order valence-corrected chi connectivity index (χ0v) is 21.2. The molecule has 0 amide bonds. The highest BCUT2D eigenvalue weighted by Crippen LogP contribution is 2.29. The van der Waals surface area contributed by atoms with E-state index in [1.165, 1.54) is 23.8 Å². The maximum Gasteiger partial charge on any atom is 0.346 e. The lowest BCUT2D eigenvalue weighted by atomic mass is 9.98. The van der Waals surface area contributed by atoms with E-state index in [9.17, 15) is 4.79 Å². The van der Waals surface area contributed by atoms with Crippen LogP contribution in [0.1, 0.15) is 18.1 Å². The lowest BCUT2D eigenvalue weighted by molar-refractivity contribution is -0.147. The second-order valence-electron chi connectivity index (χ2n) is 6.70. The van der Waals surface area contributed by atoms with Crippen LogP contribution in [0.25, 0.3) is 5.57 Å². The Balaban J connectivity index is 1.71. The molecule has 0 aliphatic heterocycles. The molecular weight excluding hydrogens is 540 g/mol. The van der Waals surface area contributed by atoms with Gasteiger partial charge < -0.3 is 9.47 Å². The monoisotopic (exact) mass is 560 g/mol. The van der Waals surface area contributed by atoms with Gasteiger partial charge in [0, 0.05) is 19.6 Å². The van der Waals surface area contributed by atoms with Gasteiger partial charge in [0.1, 0.15) is 5.75 Å². The zero-order chi connectivity index (χ0) is 22.2. The van der Waals surface area contributed by atoms with Gasteiger partial charge in [-0.2, -0.15) is 0 Å². The van der Waals surface area contributed by atoms with E-state index in [-0.39, 0.29) is 0 Å². The summed E-state index contributed by atoms with van der Waals surface area (Å²) in [6, 6.07) is 24.5. The standard InChI is InChI=1S/C25H22Br2O3S/c1-17(25(28)29-2)30-22-11-13-23(14-12-22)31-16-15-24(18-3-7-20(26)8-4-18)19-5-9-21(27)10-6-19/h3-15,17H,16H2,1-2H3. The molecule has 1 unspecified atom stereocenters. The largest absolute Gasteiger partial charge is 0.479 e. The molecule has 1 atom stereocenters. The predicted molar refractivity (Wildman–Crippen MR) is 135 cm³/mol. The minimum Gasteiger partial charge on any atom is -0.479 e. The summed E-state index contributed by atoms with van der Waals surface area (Å²) in [5.41, 5.74) is 3.54. The average Bonchev–Trinajstić information content (AvgIpc) is 2.79. The second kappa shape index (κ2) is 11.6. The number of hydrogen-bond donors (Lipinski definition) is 0. The number of esters is 1. The van der Waals surface area contributed by atoms with Crippen LogP contribution in [0.2, 0.25) is 0 Å². The summed E-state index contributed by atoms with van der Waals surface area (Å²) in [6.07, 6.45) is 1.62. The Bertz CT molecular complexity index is 982. The normalized spacial score (nSPS) is 11.5. The molecule has 3 aromatic rings. The van der Waals surface area contributed by atoms with E-state index in [4.69, 9.17) is 4.74 Å². The van der Waals surface area contributed by atoms with Gasteiger partial charge in [0.15, 0.2) is 6.10 Å². The Kier molecular flexibility index (Phi) is 8.81. The van der Waals surface area contributed by atoms with Gasteiger partial charge in [-0.1, -0.05) is 62.2 Å². The first-order chi connectivity index (χ1) is 15.0. The number of methoxy groups -OCH3 is 1. The fourth-order valence-electron chi connectivity index (χ4n) is 2.92. The second-order valence-corrected chi connectivity index (χ2v) is 9.62. The number of thioether (sulfide) groups is 1. The summed E-state index contributed by atoms with van der Waals surface area (Å²) in [4.78, 5) is 12.6. The summed E-state index contributed by atoms with van der Waals surface area (Å²) < 4.78 is 12.4. The molecule has 3 nitrogen and oxygen atoms in total. The molecule has 3 aromatic carbocycles. The van der Waals surface area contributed by atoms with E-state index in [1.54, 1.807) is 18.7 Å². The van der Waals surface area contributed by atoms with Crippen molar-refractivity contribution in [1.29, 1.82) is 0 Å². The maximum atomic E-state index is 11.5. The van der Waals surface area contributed by atoms with Gasteiger partial charge in [-0.05, 0) is 72.2 Å². The van der Waals surface area contributed by atoms with E-state index < -0.39 is 12.1 Å². The molecule has 0 saturated heterocycles. The summed E-state index contributed by atoms with van der Waals surface area (Å²) in [5.74, 6) is 1.07. The first-order valence-electron chi connectivity index (χ1n) is 9.65. The van der Waals surface area contributed by atoms with E-state index >= 15 is 0 Å². The first-order valence-corrected chi connectivity index (χ1v) is 12.2. The molecule has 3 rings (SSSR count). The van der Waals surface area contributed by atoms with Crippen molar-refractivity contribution in [3.8, 4) is 5.75 Å². The molecule has 0 heterocycles. The fraction of sp³-hybridized carbons (Fsp3) is 0.160. The third-order valence-electron chi connectivity index (χ3n) is 4.52. The Labute approximate surface area is 204 Å². The summed E-state index contributed by atoms with van der Waals surface area (Å²) >= 11 is 8.76. The highest BCUT2D eigenvalue weighted by molar-refractivity contribution is 9.10. The van der Waals surface area contributed by atoms with Crippen LogP contribution >= 0.6 is 43.6 Å². The summed E-state index contributed by atoms with van der Waals surface area (Å²) in [6.45, 7) is 1.67. The van der Waals surface area contributed by atoms with Gasteiger partial charge in [0.25, 0.3) is 0 Å². The molecule has 0 aliphatic carbocycles. The molecule has 0 saturated carbocycles. The van der Waals surface area contributed by atoms with Crippen molar-refractivity contribution in [2.75, 3.05) is 12.9 Å². The molecule has 0 spiro atoms. The van der Waals surface area contributed by atoms with Crippen LogP contribution in [0.3, 0.4) is 0 Å². The third kappa shape index (κ3) is 6.99. The van der Waals surface area contributed by atoms with E-state index in [1.807, 2.05) is 24.3 Å².